The number of rotatable bonds is 3. The number of nitrogens with zero attached hydrogens (tertiary/aromatic N) is 1. The van der Waals surface area contributed by atoms with Crippen molar-refractivity contribution in [3.8, 4) is 0 Å². The normalized spacial score (nSPS) is 29.1. The number of nitrogens with one attached hydrogen (secondary N) is 1. The second-order valence-electron chi connectivity index (χ2n) is 5.45. The van der Waals surface area contributed by atoms with Crippen molar-refractivity contribution in [1.29, 1.82) is 0 Å². The predicted molar refractivity (Wildman–Crippen MR) is 65.9 cm³/mol. The highest BCUT2D eigenvalue weighted by molar-refractivity contribution is 5.93. The van der Waals surface area contributed by atoms with E-state index in [2.05, 4.69) is 5.32 Å². The Kier molecular flexibility index (Phi) is 3.81. The van der Waals surface area contributed by atoms with Gasteiger partial charge in [0.2, 0.25) is 11.8 Å². The maximum atomic E-state index is 12.0. The van der Waals surface area contributed by atoms with Gasteiger partial charge in [0.05, 0.1) is 6.54 Å². The lowest BCUT2D eigenvalue weighted by Gasteiger charge is -2.40. The first-order valence-electron chi connectivity index (χ1n) is 6.10. The summed E-state index contributed by atoms with van der Waals surface area (Å²) in [6, 6.07) is -0.418. The maximum Gasteiger partial charge on any atom is 0.244 e. The van der Waals surface area contributed by atoms with Crippen molar-refractivity contribution in [2.45, 2.75) is 46.3 Å². The molecule has 98 valence electrons. The van der Waals surface area contributed by atoms with Crippen LogP contribution >= 0.6 is 0 Å². The van der Waals surface area contributed by atoms with Gasteiger partial charge in [-0.2, -0.15) is 0 Å². The number of hydrogen-bond acceptors (Lipinski definition) is 3. The number of carbonyl (C=O) groups excluding carboxylic acids is 2. The van der Waals surface area contributed by atoms with Crippen LogP contribution in [0, 0.1) is 11.8 Å². The molecule has 0 saturated carbocycles. The van der Waals surface area contributed by atoms with Crippen LogP contribution in [0.2, 0.25) is 0 Å². The average molecular weight is 241 g/mol. The average Bonchev–Trinajstić information content (AvgIpc) is 2.50. The molecule has 0 aromatic carbocycles. The van der Waals surface area contributed by atoms with Crippen molar-refractivity contribution in [2.75, 3.05) is 6.54 Å². The molecule has 5 heteroatoms. The van der Waals surface area contributed by atoms with Crippen LogP contribution in [0.15, 0.2) is 0 Å². The molecule has 1 saturated heterocycles. The van der Waals surface area contributed by atoms with Crippen LogP contribution in [0.1, 0.15) is 34.6 Å². The van der Waals surface area contributed by atoms with Crippen LogP contribution in [-0.4, -0.2) is 35.0 Å². The zero-order valence-electron chi connectivity index (χ0n) is 11.3. The Morgan fingerprint density at radius 3 is 2.35 bits per heavy atom. The summed E-state index contributed by atoms with van der Waals surface area (Å²) in [7, 11) is 0. The fourth-order valence-corrected chi connectivity index (χ4v) is 2.33. The van der Waals surface area contributed by atoms with Crippen LogP contribution in [-0.2, 0) is 9.59 Å². The summed E-state index contributed by atoms with van der Waals surface area (Å²) < 4.78 is 0. The zero-order chi connectivity index (χ0) is 13.4. The van der Waals surface area contributed by atoms with E-state index in [9.17, 15) is 9.59 Å². The molecular weight excluding hydrogens is 218 g/mol. The fourth-order valence-electron chi connectivity index (χ4n) is 2.33. The largest absolute Gasteiger partial charge is 0.331 e. The van der Waals surface area contributed by atoms with Gasteiger partial charge >= 0.3 is 0 Å². The molecule has 0 aromatic rings. The highest BCUT2D eigenvalue weighted by Crippen LogP contribution is 2.32. The van der Waals surface area contributed by atoms with Gasteiger partial charge in [0, 0.05) is 0 Å². The van der Waals surface area contributed by atoms with Gasteiger partial charge in [-0.15, -0.1) is 0 Å². The number of carbonyl (C=O) groups is 2. The van der Waals surface area contributed by atoms with Crippen LogP contribution in [0.3, 0.4) is 0 Å². The van der Waals surface area contributed by atoms with E-state index in [0.29, 0.717) is 0 Å². The van der Waals surface area contributed by atoms with E-state index in [0.717, 1.165) is 0 Å². The van der Waals surface area contributed by atoms with E-state index >= 15 is 0 Å². The SMILES string of the molecule is CC(C)C1C(=O)NC(C)(C(C)C)N1C(=O)CN. The smallest absolute Gasteiger partial charge is 0.244 e. The van der Waals surface area contributed by atoms with Crippen molar-refractivity contribution in [1.82, 2.24) is 10.2 Å². The molecule has 1 rings (SSSR count). The molecule has 2 atom stereocenters. The number of amides is 2. The van der Waals surface area contributed by atoms with Gasteiger partial charge in [0.25, 0.3) is 0 Å². The number of hydrogen-bond donors (Lipinski definition) is 2. The minimum absolute atomic E-state index is 0.0690. The molecule has 0 bridgehead atoms. The molecule has 1 aliphatic rings. The molecular formula is C12H23N3O2. The summed E-state index contributed by atoms with van der Waals surface area (Å²) in [6.07, 6.45) is 0. The van der Waals surface area contributed by atoms with Crippen molar-refractivity contribution < 1.29 is 9.59 Å². The Morgan fingerprint density at radius 1 is 1.47 bits per heavy atom. The van der Waals surface area contributed by atoms with Crippen LogP contribution < -0.4 is 11.1 Å². The van der Waals surface area contributed by atoms with E-state index in [1.54, 1.807) is 4.90 Å². The Balaban J connectivity index is 3.18. The molecule has 0 aliphatic carbocycles. The summed E-state index contributed by atoms with van der Waals surface area (Å²) in [5.74, 6) is -0.0620. The Hall–Kier alpha value is -1.10. The van der Waals surface area contributed by atoms with E-state index in [-0.39, 0.29) is 30.2 Å². The molecule has 2 unspecified atom stereocenters. The fraction of sp³-hybridized carbons (Fsp3) is 0.833. The monoisotopic (exact) mass is 241 g/mol. The first-order valence-corrected chi connectivity index (χ1v) is 6.10. The van der Waals surface area contributed by atoms with Crippen LogP contribution in [0.4, 0.5) is 0 Å². The third-order valence-corrected chi connectivity index (χ3v) is 3.62. The van der Waals surface area contributed by atoms with Gasteiger partial charge in [-0.3, -0.25) is 9.59 Å². The summed E-state index contributed by atoms with van der Waals surface area (Å²) >= 11 is 0. The van der Waals surface area contributed by atoms with Crippen molar-refractivity contribution in [3.63, 3.8) is 0 Å². The summed E-state index contributed by atoms with van der Waals surface area (Å²) in [6.45, 7) is 9.66. The second kappa shape index (κ2) is 4.64. The molecule has 1 aliphatic heterocycles. The Bertz CT molecular complexity index is 328. The third kappa shape index (κ3) is 2.16. The van der Waals surface area contributed by atoms with E-state index in [1.165, 1.54) is 0 Å². The van der Waals surface area contributed by atoms with E-state index in [4.69, 9.17) is 5.73 Å². The molecule has 0 radical (unpaired) electrons. The predicted octanol–water partition coefficient (Wildman–Crippen LogP) is 0.300. The Morgan fingerprint density at radius 2 is 2.00 bits per heavy atom. The topological polar surface area (TPSA) is 75.4 Å². The molecule has 0 spiro atoms. The lowest BCUT2D eigenvalue weighted by Crippen LogP contribution is -2.58. The minimum atomic E-state index is -0.636. The maximum absolute atomic E-state index is 12.0. The van der Waals surface area contributed by atoms with Crippen molar-refractivity contribution in [3.05, 3.63) is 0 Å². The highest BCUT2D eigenvalue weighted by Gasteiger charge is 2.52. The van der Waals surface area contributed by atoms with Crippen LogP contribution in [0.25, 0.3) is 0 Å². The number of nitrogens with two attached hydrogens (primary N) is 1. The minimum Gasteiger partial charge on any atom is -0.331 e. The van der Waals surface area contributed by atoms with E-state index < -0.39 is 11.7 Å². The lowest BCUT2D eigenvalue weighted by molar-refractivity contribution is -0.140. The standard InChI is InChI=1S/C12H23N3O2/c1-7(2)10-11(17)14-12(5,8(3)4)15(10)9(16)6-13/h7-8,10H,6,13H2,1-5H3,(H,14,17). The van der Waals surface area contributed by atoms with Crippen LogP contribution in [0.5, 0.6) is 0 Å². The third-order valence-electron chi connectivity index (χ3n) is 3.62. The van der Waals surface area contributed by atoms with Gasteiger partial charge in [-0.05, 0) is 18.8 Å². The molecule has 2 amide bonds. The molecule has 5 nitrogen and oxygen atoms in total. The quantitative estimate of drug-likeness (QED) is 0.746. The van der Waals surface area contributed by atoms with Crippen molar-refractivity contribution in [2.24, 2.45) is 17.6 Å². The summed E-state index contributed by atoms with van der Waals surface area (Å²) in [5, 5.41) is 2.94. The molecule has 0 aromatic heterocycles. The van der Waals surface area contributed by atoms with Gasteiger partial charge in [0.1, 0.15) is 11.7 Å². The first kappa shape index (κ1) is 14.0. The zero-order valence-corrected chi connectivity index (χ0v) is 11.3. The lowest BCUT2D eigenvalue weighted by atomic mass is 9.95. The van der Waals surface area contributed by atoms with Gasteiger partial charge in [-0.25, -0.2) is 0 Å². The molecule has 17 heavy (non-hydrogen) atoms. The summed E-state index contributed by atoms with van der Waals surface area (Å²) in [4.78, 5) is 25.7. The van der Waals surface area contributed by atoms with E-state index in [1.807, 2.05) is 34.6 Å². The Labute approximate surface area is 103 Å². The first-order chi connectivity index (χ1) is 7.75. The molecule has 1 heterocycles. The molecule has 1 fully saturated rings. The second-order valence-corrected chi connectivity index (χ2v) is 5.45. The van der Waals surface area contributed by atoms with Gasteiger partial charge in [-0.1, -0.05) is 27.7 Å². The van der Waals surface area contributed by atoms with Gasteiger partial charge in [0.15, 0.2) is 0 Å². The molecule has 3 N–H and O–H groups in total. The summed E-state index contributed by atoms with van der Waals surface area (Å²) in [5.41, 5.74) is 4.81. The highest BCUT2D eigenvalue weighted by atomic mass is 16.2. The van der Waals surface area contributed by atoms with Crippen molar-refractivity contribution >= 4 is 11.8 Å². The van der Waals surface area contributed by atoms with Gasteiger partial charge < -0.3 is 16.0 Å².